The van der Waals surface area contributed by atoms with Crippen LogP contribution < -0.4 is 10.6 Å². The number of hydrogen-bond acceptors (Lipinski definition) is 7. The van der Waals surface area contributed by atoms with Gasteiger partial charge in [0.05, 0.1) is 4.92 Å². The van der Waals surface area contributed by atoms with Crippen LogP contribution >= 0.6 is 11.3 Å². The monoisotopic (exact) mass is 307 g/mol. The van der Waals surface area contributed by atoms with E-state index in [2.05, 4.69) is 40.5 Å². The highest BCUT2D eigenvalue weighted by molar-refractivity contribution is 7.10. The molecule has 0 aromatic carbocycles. The molecule has 0 radical (unpaired) electrons. The number of hydrogen-bond donors (Lipinski definition) is 2. The Balaban J connectivity index is 2.22. The van der Waals surface area contributed by atoms with Gasteiger partial charge in [-0.3, -0.25) is 10.1 Å². The van der Waals surface area contributed by atoms with Gasteiger partial charge in [-0.05, 0) is 11.4 Å². The Labute approximate surface area is 126 Å². The van der Waals surface area contributed by atoms with E-state index in [-0.39, 0.29) is 22.7 Å². The van der Waals surface area contributed by atoms with Crippen LogP contribution in [0.15, 0.2) is 23.8 Å². The van der Waals surface area contributed by atoms with Crippen LogP contribution in [0.2, 0.25) is 0 Å². The fourth-order valence-electron chi connectivity index (χ4n) is 1.92. The Kier molecular flexibility index (Phi) is 4.37. The van der Waals surface area contributed by atoms with E-state index < -0.39 is 4.92 Å². The van der Waals surface area contributed by atoms with Gasteiger partial charge >= 0.3 is 5.69 Å². The van der Waals surface area contributed by atoms with Gasteiger partial charge in [0.2, 0.25) is 11.6 Å². The molecule has 0 atom stereocenters. The zero-order valence-electron chi connectivity index (χ0n) is 12.1. The molecule has 7 nitrogen and oxygen atoms in total. The van der Waals surface area contributed by atoms with Gasteiger partial charge in [-0.25, -0.2) is 9.97 Å². The van der Waals surface area contributed by atoms with Gasteiger partial charge in [0.15, 0.2) is 0 Å². The summed E-state index contributed by atoms with van der Waals surface area (Å²) in [5.74, 6) is 0.426. The van der Waals surface area contributed by atoms with Gasteiger partial charge in [-0.15, -0.1) is 11.3 Å². The van der Waals surface area contributed by atoms with E-state index in [0.29, 0.717) is 6.54 Å². The third-order valence-electron chi connectivity index (χ3n) is 3.13. The Morgan fingerprint density at radius 3 is 2.67 bits per heavy atom. The quantitative estimate of drug-likeness (QED) is 0.629. The number of nitro groups is 1. The molecule has 0 fully saturated rings. The molecule has 0 aliphatic rings. The van der Waals surface area contributed by atoms with Gasteiger partial charge in [0.1, 0.15) is 6.33 Å². The second-order valence-electron chi connectivity index (χ2n) is 5.14. The molecule has 112 valence electrons. The van der Waals surface area contributed by atoms with Crippen molar-refractivity contribution in [1.82, 2.24) is 9.97 Å². The van der Waals surface area contributed by atoms with Crippen LogP contribution in [-0.4, -0.2) is 28.5 Å². The van der Waals surface area contributed by atoms with Crippen LogP contribution in [0.25, 0.3) is 0 Å². The Hall–Kier alpha value is -2.22. The first-order valence-corrected chi connectivity index (χ1v) is 7.28. The minimum atomic E-state index is -0.480. The standard InChI is InChI=1S/C13H17N5O2S/c1-13(2,9-5-4-6-21-9)7-15-12-10(18(19)20)11(14-3)16-8-17-12/h4-6,8H,7H2,1-3H3,(H2,14,15,16,17). The number of rotatable bonds is 6. The van der Waals surface area contributed by atoms with Crippen molar-refractivity contribution in [2.24, 2.45) is 0 Å². The minimum absolute atomic E-state index is 0.137. The molecule has 2 heterocycles. The Morgan fingerprint density at radius 1 is 1.38 bits per heavy atom. The molecule has 0 amide bonds. The summed E-state index contributed by atoms with van der Waals surface area (Å²) < 4.78 is 0. The summed E-state index contributed by atoms with van der Waals surface area (Å²) in [6, 6.07) is 4.05. The SMILES string of the molecule is CNc1ncnc(NCC(C)(C)c2cccs2)c1[N+](=O)[O-]. The van der Waals surface area contributed by atoms with Crippen LogP contribution in [0.4, 0.5) is 17.3 Å². The number of nitrogens with one attached hydrogen (secondary N) is 2. The van der Waals surface area contributed by atoms with Gasteiger partial charge < -0.3 is 10.6 Å². The van der Waals surface area contributed by atoms with E-state index in [1.54, 1.807) is 18.4 Å². The number of aromatic nitrogens is 2. The average molecular weight is 307 g/mol. The summed E-state index contributed by atoms with van der Waals surface area (Å²) in [4.78, 5) is 19.8. The third-order valence-corrected chi connectivity index (χ3v) is 4.36. The summed E-state index contributed by atoms with van der Waals surface area (Å²) in [5, 5.41) is 19.0. The van der Waals surface area contributed by atoms with E-state index in [0.717, 1.165) is 0 Å². The van der Waals surface area contributed by atoms with Crippen LogP contribution in [-0.2, 0) is 5.41 Å². The molecule has 0 aliphatic carbocycles. The van der Waals surface area contributed by atoms with Crippen molar-refractivity contribution in [3.05, 3.63) is 38.8 Å². The van der Waals surface area contributed by atoms with Gasteiger partial charge in [0, 0.05) is 23.9 Å². The number of nitrogens with zero attached hydrogens (tertiary/aromatic N) is 3. The van der Waals surface area contributed by atoms with Crippen molar-refractivity contribution in [3.63, 3.8) is 0 Å². The molecule has 2 N–H and O–H groups in total. The summed E-state index contributed by atoms with van der Waals surface area (Å²) >= 11 is 1.66. The molecule has 8 heteroatoms. The first kappa shape index (κ1) is 15.2. The normalized spacial score (nSPS) is 11.2. The van der Waals surface area contributed by atoms with Crippen molar-refractivity contribution in [3.8, 4) is 0 Å². The first-order valence-electron chi connectivity index (χ1n) is 6.40. The van der Waals surface area contributed by atoms with Crippen molar-refractivity contribution in [2.75, 3.05) is 24.2 Å². The maximum atomic E-state index is 11.2. The molecule has 0 bridgehead atoms. The molecule has 0 saturated carbocycles. The lowest BCUT2D eigenvalue weighted by molar-refractivity contribution is -0.383. The molecule has 0 spiro atoms. The molecule has 0 unspecified atom stereocenters. The second kappa shape index (κ2) is 6.04. The van der Waals surface area contributed by atoms with E-state index in [1.807, 2.05) is 11.4 Å². The molecule has 2 aromatic heterocycles. The first-order chi connectivity index (χ1) is 9.95. The largest absolute Gasteiger partial charge is 0.367 e. The topological polar surface area (TPSA) is 93.0 Å². The fourth-order valence-corrected chi connectivity index (χ4v) is 2.77. The molecule has 2 aromatic rings. The molecule has 21 heavy (non-hydrogen) atoms. The summed E-state index contributed by atoms with van der Waals surface area (Å²) in [7, 11) is 1.59. The summed E-state index contributed by atoms with van der Waals surface area (Å²) in [6.45, 7) is 4.70. The fraction of sp³-hybridized carbons (Fsp3) is 0.385. The maximum Gasteiger partial charge on any atom is 0.353 e. The van der Waals surface area contributed by atoms with E-state index in [4.69, 9.17) is 0 Å². The highest BCUT2D eigenvalue weighted by atomic mass is 32.1. The highest BCUT2D eigenvalue weighted by Crippen LogP contribution is 2.31. The second-order valence-corrected chi connectivity index (χ2v) is 6.09. The van der Waals surface area contributed by atoms with Crippen molar-refractivity contribution in [2.45, 2.75) is 19.3 Å². The lowest BCUT2D eigenvalue weighted by Crippen LogP contribution is -2.27. The van der Waals surface area contributed by atoms with Crippen LogP contribution in [0.5, 0.6) is 0 Å². The summed E-state index contributed by atoms with van der Waals surface area (Å²) in [6.07, 6.45) is 1.30. The zero-order valence-corrected chi connectivity index (χ0v) is 12.9. The predicted molar refractivity (Wildman–Crippen MR) is 84.1 cm³/mol. The molecule has 2 rings (SSSR count). The predicted octanol–water partition coefficient (Wildman–Crippen LogP) is 2.88. The van der Waals surface area contributed by atoms with Crippen LogP contribution in [0.3, 0.4) is 0 Å². The minimum Gasteiger partial charge on any atom is -0.367 e. The smallest absolute Gasteiger partial charge is 0.353 e. The third kappa shape index (κ3) is 3.27. The molecular formula is C13H17N5O2S. The van der Waals surface area contributed by atoms with E-state index >= 15 is 0 Å². The van der Waals surface area contributed by atoms with Gasteiger partial charge in [-0.1, -0.05) is 19.9 Å². The Morgan fingerprint density at radius 2 is 2.10 bits per heavy atom. The average Bonchev–Trinajstić information content (AvgIpc) is 2.99. The van der Waals surface area contributed by atoms with E-state index in [9.17, 15) is 10.1 Å². The van der Waals surface area contributed by atoms with E-state index in [1.165, 1.54) is 11.2 Å². The Bertz CT molecular complexity index is 627. The summed E-state index contributed by atoms with van der Waals surface area (Å²) in [5.41, 5.74) is -0.283. The lowest BCUT2D eigenvalue weighted by atomic mass is 9.91. The molecule has 0 aliphatic heterocycles. The molecular weight excluding hydrogens is 290 g/mol. The van der Waals surface area contributed by atoms with Crippen LogP contribution in [0, 0.1) is 10.1 Å². The highest BCUT2D eigenvalue weighted by Gasteiger charge is 2.26. The van der Waals surface area contributed by atoms with Gasteiger partial charge in [0.25, 0.3) is 0 Å². The van der Waals surface area contributed by atoms with Gasteiger partial charge in [-0.2, -0.15) is 0 Å². The maximum absolute atomic E-state index is 11.2. The van der Waals surface area contributed by atoms with Crippen LogP contribution in [0.1, 0.15) is 18.7 Å². The number of thiophene rings is 1. The number of anilines is 2. The lowest BCUT2D eigenvalue weighted by Gasteiger charge is -2.23. The molecule has 0 saturated heterocycles. The van der Waals surface area contributed by atoms with Crippen molar-refractivity contribution < 1.29 is 4.92 Å². The van der Waals surface area contributed by atoms with Crippen molar-refractivity contribution >= 4 is 28.7 Å². The van der Waals surface area contributed by atoms with Crippen molar-refractivity contribution in [1.29, 1.82) is 0 Å². The zero-order chi connectivity index (χ0) is 15.5.